The van der Waals surface area contributed by atoms with Gasteiger partial charge >= 0.3 is 0 Å². The van der Waals surface area contributed by atoms with Gasteiger partial charge < -0.3 is 10.2 Å². The van der Waals surface area contributed by atoms with E-state index in [-0.39, 0.29) is 15.4 Å². The van der Waals surface area contributed by atoms with Crippen molar-refractivity contribution in [1.82, 2.24) is 0 Å². The Morgan fingerprint density at radius 2 is 1.68 bits per heavy atom. The highest BCUT2D eigenvalue weighted by Crippen LogP contribution is 2.51. The van der Waals surface area contributed by atoms with E-state index < -0.39 is 51.4 Å². The Labute approximate surface area is 141 Å². The van der Waals surface area contributed by atoms with Gasteiger partial charge in [0.25, 0.3) is 0 Å². The van der Waals surface area contributed by atoms with Crippen LogP contribution < -0.4 is 0 Å². The molecule has 2 aromatic rings. The lowest BCUT2D eigenvalue weighted by Gasteiger charge is -2.19. The van der Waals surface area contributed by atoms with Gasteiger partial charge in [0, 0.05) is 15.4 Å². The number of aromatic hydroxyl groups is 2. The Balaban J connectivity index is 2.01. The third kappa shape index (κ3) is 2.89. The van der Waals surface area contributed by atoms with E-state index in [0.29, 0.717) is 6.07 Å². The van der Waals surface area contributed by atoms with Crippen molar-refractivity contribution in [3.8, 4) is 11.5 Å². The molecule has 1 heterocycles. The van der Waals surface area contributed by atoms with E-state index in [1.807, 2.05) is 0 Å². The number of allylic oxidation sites excluding steroid dienone is 3. The van der Waals surface area contributed by atoms with Gasteiger partial charge in [-0.25, -0.2) is 13.2 Å². The maximum Gasteiger partial charge on any atom is 0.200 e. The molecule has 0 aromatic heterocycles. The van der Waals surface area contributed by atoms with Crippen LogP contribution in [0.25, 0.3) is 0 Å². The molecule has 0 saturated carbocycles. The smallest absolute Gasteiger partial charge is 0.200 e. The molecule has 25 heavy (non-hydrogen) atoms. The molecule has 0 bridgehead atoms. The van der Waals surface area contributed by atoms with E-state index in [9.17, 15) is 32.6 Å². The molecule has 0 radical (unpaired) electrons. The van der Waals surface area contributed by atoms with Crippen molar-refractivity contribution in [1.29, 1.82) is 0 Å². The number of ketones is 1. The summed E-state index contributed by atoms with van der Waals surface area (Å²) in [6, 6.07) is 3.37. The first-order chi connectivity index (χ1) is 11.8. The Kier molecular flexibility index (Phi) is 4.30. The molecular formula is C17H10F4O3S. The van der Waals surface area contributed by atoms with Crippen LogP contribution >= 0.6 is 10.9 Å². The summed E-state index contributed by atoms with van der Waals surface area (Å²) in [5.74, 6) is -8.13. The zero-order valence-electron chi connectivity index (χ0n) is 12.3. The van der Waals surface area contributed by atoms with Crippen molar-refractivity contribution in [2.75, 3.05) is 0 Å². The van der Waals surface area contributed by atoms with Crippen LogP contribution in [0.5, 0.6) is 11.5 Å². The summed E-state index contributed by atoms with van der Waals surface area (Å²) in [6.07, 6.45) is 2.84. The minimum absolute atomic E-state index is 0.0605. The van der Waals surface area contributed by atoms with E-state index in [2.05, 4.69) is 0 Å². The average molecular weight is 370 g/mol. The summed E-state index contributed by atoms with van der Waals surface area (Å²) in [7, 11) is -1.71. The van der Waals surface area contributed by atoms with Crippen LogP contribution in [-0.4, -0.2) is 16.0 Å². The van der Waals surface area contributed by atoms with Crippen molar-refractivity contribution in [2.45, 2.75) is 4.90 Å². The number of hydrogen-bond acceptors (Lipinski definition) is 3. The number of carbonyl (C=O) groups excluding carboxylic acids is 1. The number of carbonyl (C=O) groups is 1. The molecule has 2 N–H and O–H groups in total. The molecule has 0 fully saturated rings. The van der Waals surface area contributed by atoms with E-state index in [0.717, 1.165) is 18.2 Å². The molecule has 8 heteroatoms. The maximum absolute atomic E-state index is 14.1. The van der Waals surface area contributed by atoms with Crippen molar-refractivity contribution < 1.29 is 32.6 Å². The van der Waals surface area contributed by atoms with Crippen molar-refractivity contribution in [2.24, 2.45) is 0 Å². The second kappa shape index (κ2) is 6.29. The molecule has 1 unspecified atom stereocenters. The minimum atomic E-state index is -1.71. The number of rotatable bonds is 3. The van der Waals surface area contributed by atoms with Gasteiger partial charge in [-0.15, -0.1) is 0 Å². The van der Waals surface area contributed by atoms with Crippen molar-refractivity contribution >= 4 is 16.7 Å². The molecule has 1 aliphatic heterocycles. The molecule has 0 aliphatic carbocycles. The van der Waals surface area contributed by atoms with Gasteiger partial charge in [-0.05, 0) is 35.7 Å². The Morgan fingerprint density at radius 3 is 2.36 bits per heavy atom. The minimum Gasteiger partial charge on any atom is -0.505 e. The van der Waals surface area contributed by atoms with E-state index in [1.165, 1.54) is 17.6 Å². The SMILES string of the molecule is O=C(C1=CC=C[SH]1c1ccc(F)c(O)c1F)c1cc(O)c(F)c(F)c1. The molecular weight excluding hydrogens is 360 g/mol. The molecule has 0 spiro atoms. The quantitative estimate of drug-likeness (QED) is 0.429. The maximum atomic E-state index is 14.1. The third-order valence-electron chi connectivity index (χ3n) is 3.56. The van der Waals surface area contributed by atoms with Gasteiger partial charge in [0.2, 0.25) is 0 Å². The number of thiol groups is 1. The van der Waals surface area contributed by atoms with Gasteiger partial charge in [-0.2, -0.15) is 15.3 Å². The summed E-state index contributed by atoms with van der Waals surface area (Å²) in [6.45, 7) is 0. The Morgan fingerprint density at radius 1 is 0.960 bits per heavy atom. The van der Waals surface area contributed by atoms with Crippen LogP contribution in [0.2, 0.25) is 0 Å². The molecule has 3 rings (SSSR count). The summed E-state index contributed by atoms with van der Waals surface area (Å²) < 4.78 is 53.9. The van der Waals surface area contributed by atoms with Crippen LogP contribution in [0, 0.1) is 23.3 Å². The van der Waals surface area contributed by atoms with Gasteiger partial charge in [0.15, 0.2) is 40.6 Å². The fraction of sp³-hybridized carbons (Fsp3) is 0. The van der Waals surface area contributed by atoms with Crippen LogP contribution in [0.3, 0.4) is 0 Å². The molecule has 1 aliphatic rings. The predicted molar refractivity (Wildman–Crippen MR) is 84.9 cm³/mol. The molecule has 130 valence electrons. The number of hydrogen-bond donors (Lipinski definition) is 3. The van der Waals surface area contributed by atoms with E-state index in [4.69, 9.17) is 0 Å². The lowest BCUT2D eigenvalue weighted by atomic mass is 10.1. The van der Waals surface area contributed by atoms with Crippen LogP contribution in [0.15, 0.2) is 51.6 Å². The zero-order chi connectivity index (χ0) is 18.3. The van der Waals surface area contributed by atoms with Crippen LogP contribution in [-0.2, 0) is 0 Å². The summed E-state index contributed by atoms with van der Waals surface area (Å²) >= 11 is 0. The van der Waals surface area contributed by atoms with Crippen molar-refractivity contribution in [3.05, 3.63) is 75.6 Å². The van der Waals surface area contributed by atoms with Crippen LogP contribution in [0.4, 0.5) is 17.6 Å². The summed E-state index contributed by atoms with van der Waals surface area (Å²) in [5.41, 5.74) is -0.314. The first kappa shape index (κ1) is 17.1. The fourth-order valence-electron chi connectivity index (χ4n) is 2.35. The normalized spacial score (nSPS) is 17.6. The van der Waals surface area contributed by atoms with E-state index >= 15 is 0 Å². The topological polar surface area (TPSA) is 57.5 Å². The third-order valence-corrected chi connectivity index (χ3v) is 5.76. The monoisotopic (exact) mass is 370 g/mol. The van der Waals surface area contributed by atoms with Crippen LogP contribution in [0.1, 0.15) is 10.4 Å². The van der Waals surface area contributed by atoms with Gasteiger partial charge in [-0.1, -0.05) is 6.08 Å². The molecule has 0 saturated heterocycles. The summed E-state index contributed by atoms with van der Waals surface area (Å²) in [4.78, 5) is 12.5. The number of phenolic OH excluding ortho intramolecular Hbond substituents is 2. The number of Topliss-reactive ketones (excluding diaryl/α,β-unsaturated/α-hetero) is 1. The molecule has 1 atom stereocenters. The highest BCUT2D eigenvalue weighted by Gasteiger charge is 2.27. The molecule has 3 nitrogen and oxygen atoms in total. The lowest BCUT2D eigenvalue weighted by Crippen LogP contribution is -2.05. The second-order valence-electron chi connectivity index (χ2n) is 5.11. The van der Waals surface area contributed by atoms with E-state index in [1.54, 1.807) is 0 Å². The van der Waals surface area contributed by atoms with Gasteiger partial charge in [0.1, 0.15) is 0 Å². The zero-order valence-corrected chi connectivity index (χ0v) is 13.2. The highest BCUT2D eigenvalue weighted by atomic mass is 32.2. The number of phenols is 2. The van der Waals surface area contributed by atoms with Gasteiger partial charge in [-0.3, -0.25) is 4.79 Å². The Hall–Kier alpha value is -2.74. The average Bonchev–Trinajstić information content (AvgIpc) is 3.06. The summed E-state index contributed by atoms with van der Waals surface area (Å²) in [5, 5.41) is 20.2. The largest absolute Gasteiger partial charge is 0.505 e. The number of benzene rings is 2. The first-order valence-corrected chi connectivity index (χ1v) is 8.29. The molecule has 2 aromatic carbocycles. The standard InChI is InChI=1S/C17H10F4O3S/c18-9-3-4-12(15(21)17(9)24)25-5-1-2-13(25)16(23)8-6-10(19)14(20)11(22)7-8/h1-7,22,24-25H. The Bertz CT molecular complexity index is 930. The molecule has 0 amide bonds. The number of halogens is 4. The second-order valence-corrected chi connectivity index (χ2v) is 7.11. The predicted octanol–water partition coefficient (Wildman–Crippen LogP) is 4.31. The highest BCUT2D eigenvalue weighted by molar-refractivity contribution is 8.24. The first-order valence-electron chi connectivity index (χ1n) is 6.88. The fourth-order valence-corrected chi connectivity index (χ4v) is 4.33. The van der Waals surface area contributed by atoms with Crippen molar-refractivity contribution in [3.63, 3.8) is 0 Å². The lowest BCUT2D eigenvalue weighted by molar-refractivity contribution is 0.104. The van der Waals surface area contributed by atoms with Gasteiger partial charge in [0.05, 0.1) is 0 Å².